The van der Waals surface area contributed by atoms with Gasteiger partial charge in [-0.05, 0) is 36.4 Å². The first-order chi connectivity index (χ1) is 12.1. The molecule has 0 aliphatic carbocycles. The van der Waals surface area contributed by atoms with E-state index in [4.69, 9.17) is 13.3 Å². The predicted molar refractivity (Wildman–Crippen MR) is 93.4 cm³/mol. The van der Waals surface area contributed by atoms with Crippen LogP contribution in [0.1, 0.15) is 0 Å². The van der Waals surface area contributed by atoms with Crippen LogP contribution in [-0.4, -0.2) is 24.8 Å². The van der Waals surface area contributed by atoms with Gasteiger partial charge in [-0.3, -0.25) is 0 Å². The molecule has 0 fully saturated rings. The summed E-state index contributed by atoms with van der Waals surface area (Å²) in [6.07, 6.45) is 0. The Kier molecular flexibility index (Phi) is 4.96. The van der Waals surface area contributed by atoms with Gasteiger partial charge in [0.1, 0.15) is 11.5 Å². The Morgan fingerprint density at radius 2 is 1.08 bits per heavy atom. The molecule has 7 heteroatoms. The van der Waals surface area contributed by atoms with Gasteiger partial charge < -0.3 is 28.6 Å². The number of para-hydroxylation sites is 2. The molecule has 0 radical (unpaired) electrons. The summed E-state index contributed by atoms with van der Waals surface area (Å²) in [4.78, 5) is 0. The Hall–Kier alpha value is -3.32. The van der Waals surface area contributed by atoms with Gasteiger partial charge in [0.05, 0.1) is 0 Å². The lowest BCUT2D eigenvalue weighted by Gasteiger charge is -2.20. The van der Waals surface area contributed by atoms with E-state index in [2.05, 4.69) is 0 Å². The van der Waals surface area contributed by atoms with E-state index >= 15 is 0 Å². The maximum absolute atomic E-state index is 9.94. The highest BCUT2D eigenvalue weighted by atomic mass is 28.3. The van der Waals surface area contributed by atoms with Crippen LogP contribution >= 0.6 is 0 Å². The third-order valence-corrected chi connectivity index (χ3v) is 4.64. The van der Waals surface area contributed by atoms with Crippen molar-refractivity contribution < 1.29 is 28.6 Å². The number of phenolic OH excluding ortho intramolecular Hbond substituents is 3. The maximum Gasteiger partial charge on any atom is 0.683 e. The summed E-state index contributed by atoms with van der Waals surface area (Å²) in [7, 11) is -2.83. The molecule has 3 N–H and O–H groups in total. The van der Waals surface area contributed by atoms with E-state index in [1.165, 1.54) is 12.1 Å². The molecule has 6 nitrogen and oxygen atoms in total. The van der Waals surface area contributed by atoms with Gasteiger partial charge in [-0.1, -0.05) is 36.4 Å². The average Bonchev–Trinajstić information content (AvgIpc) is 2.64. The van der Waals surface area contributed by atoms with Gasteiger partial charge in [0.2, 0.25) is 11.5 Å². The van der Waals surface area contributed by atoms with Crippen LogP contribution in [-0.2, 0) is 0 Å². The summed E-state index contributed by atoms with van der Waals surface area (Å²) in [6.45, 7) is 0. The topological polar surface area (TPSA) is 88.4 Å². The minimum atomic E-state index is -2.83. The molecule has 25 heavy (non-hydrogen) atoms. The van der Waals surface area contributed by atoms with E-state index in [1.807, 2.05) is 36.4 Å². The van der Waals surface area contributed by atoms with Gasteiger partial charge in [-0.25, -0.2) is 0 Å². The van der Waals surface area contributed by atoms with Crippen LogP contribution in [0.5, 0.6) is 34.5 Å². The SMILES string of the molecule is Oc1ccc(O[SiH](Oc2ccccc2)Oc2ccccc2)c(O)c1O. The van der Waals surface area contributed by atoms with Crippen molar-refractivity contribution in [3.63, 3.8) is 0 Å². The molecule has 3 rings (SSSR count). The van der Waals surface area contributed by atoms with E-state index in [9.17, 15) is 15.3 Å². The van der Waals surface area contributed by atoms with E-state index in [-0.39, 0.29) is 5.75 Å². The molecule has 0 spiro atoms. The Morgan fingerprint density at radius 3 is 1.60 bits per heavy atom. The molecule has 0 amide bonds. The fourth-order valence-corrected chi connectivity index (χ4v) is 3.34. The van der Waals surface area contributed by atoms with Crippen molar-refractivity contribution in [2.45, 2.75) is 0 Å². The average molecular weight is 356 g/mol. The standard InChI is InChI=1S/C18H16O6Si/c19-15-11-12-16(18(21)17(15)20)24-25(22-13-7-3-1-4-8-13)23-14-9-5-2-6-10-14/h1-12,19-21,25H. The summed E-state index contributed by atoms with van der Waals surface area (Å²) >= 11 is 0. The van der Waals surface area contributed by atoms with Crippen LogP contribution in [0.25, 0.3) is 0 Å². The minimum Gasteiger partial charge on any atom is -0.504 e. The van der Waals surface area contributed by atoms with Gasteiger partial charge >= 0.3 is 9.53 Å². The summed E-state index contributed by atoms with van der Waals surface area (Å²) in [6, 6.07) is 20.5. The molecule has 0 aliphatic rings. The molecular formula is C18H16O6Si. The second-order valence-corrected chi connectivity index (χ2v) is 6.33. The monoisotopic (exact) mass is 356 g/mol. The highest BCUT2D eigenvalue weighted by molar-refractivity contribution is 6.39. The van der Waals surface area contributed by atoms with Gasteiger partial charge in [0.25, 0.3) is 0 Å². The van der Waals surface area contributed by atoms with Crippen molar-refractivity contribution in [1.82, 2.24) is 0 Å². The third-order valence-electron chi connectivity index (χ3n) is 3.27. The molecule has 3 aromatic carbocycles. The number of hydrogen-bond acceptors (Lipinski definition) is 6. The van der Waals surface area contributed by atoms with E-state index in [0.29, 0.717) is 11.5 Å². The summed E-state index contributed by atoms with van der Waals surface area (Å²) < 4.78 is 17.2. The number of phenols is 3. The molecule has 0 unspecified atom stereocenters. The first-order valence-electron chi connectivity index (χ1n) is 7.47. The number of hydrogen-bond donors (Lipinski definition) is 3. The first kappa shape index (κ1) is 16.5. The molecule has 0 heterocycles. The second kappa shape index (κ2) is 7.50. The van der Waals surface area contributed by atoms with Crippen LogP contribution in [0.15, 0.2) is 72.8 Å². The summed E-state index contributed by atoms with van der Waals surface area (Å²) in [5.41, 5.74) is 0. The zero-order valence-corrected chi connectivity index (χ0v) is 14.2. The molecule has 0 saturated heterocycles. The lowest BCUT2D eigenvalue weighted by atomic mass is 10.3. The molecule has 0 bridgehead atoms. The van der Waals surface area contributed by atoms with Crippen LogP contribution in [0, 0.1) is 0 Å². The van der Waals surface area contributed by atoms with Gasteiger partial charge in [0.15, 0.2) is 11.5 Å². The Bertz CT molecular complexity index is 784. The molecule has 0 atom stereocenters. The Labute approximate surface area is 146 Å². The maximum atomic E-state index is 9.94. The van der Waals surface area contributed by atoms with E-state index < -0.39 is 26.8 Å². The zero-order chi connectivity index (χ0) is 17.6. The van der Waals surface area contributed by atoms with Crippen molar-refractivity contribution in [3.05, 3.63) is 72.8 Å². The fourth-order valence-electron chi connectivity index (χ4n) is 2.04. The smallest absolute Gasteiger partial charge is 0.504 e. The molecule has 0 aliphatic heterocycles. The highest BCUT2D eigenvalue weighted by Crippen LogP contribution is 2.41. The largest absolute Gasteiger partial charge is 0.683 e. The van der Waals surface area contributed by atoms with Crippen molar-refractivity contribution in [1.29, 1.82) is 0 Å². The fraction of sp³-hybridized carbons (Fsp3) is 0. The van der Waals surface area contributed by atoms with Crippen LogP contribution in [0.3, 0.4) is 0 Å². The normalized spacial score (nSPS) is 10.4. The quantitative estimate of drug-likeness (QED) is 0.465. The molecule has 0 saturated carbocycles. The first-order valence-corrected chi connectivity index (χ1v) is 8.89. The van der Waals surface area contributed by atoms with Gasteiger partial charge in [-0.15, -0.1) is 0 Å². The lowest BCUT2D eigenvalue weighted by molar-refractivity contribution is 0.293. The zero-order valence-electron chi connectivity index (χ0n) is 13.1. The van der Waals surface area contributed by atoms with Crippen LogP contribution in [0.2, 0.25) is 0 Å². The van der Waals surface area contributed by atoms with Crippen molar-refractivity contribution >= 4 is 9.53 Å². The lowest BCUT2D eigenvalue weighted by Crippen LogP contribution is -2.36. The molecular weight excluding hydrogens is 340 g/mol. The highest BCUT2D eigenvalue weighted by Gasteiger charge is 2.25. The van der Waals surface area contributed by atoms with E-state index in [0.717, 1.165) is 0 Å². The van der Waals surface area contributed by atoms with Crippen LogP contribution in [0.4, 0.5) is 0 Å². The third kappa shape index (κ3) is 4.15. The van der Waals surface area contributed by atoms with Gasteiger partial charge in [0, 0.05) is 0 Å². The summed E-state index contributed by atoms with van der Waals surface area (Å²) in [5.74, 6) is -0.625. The van der Waals surface area contributed by atoms with Crippen molar-refractivity contribution in [2.24, 2.45) is 0 Å². The van der Waals surface area contributed by atoms with Crippen molar-refractivity contribution in [2.75, 3.05) is 0 Å². The van der Waals surface area contributed by atoms with Gasteiger partial charge in [-0.2, -0.15) is 0 Å². The van der Waals surface area contributed by atoms with Crippen molar-refractivity contribution in [3.8, 4) is 34.5 Å². The number of aromatic hydroxyl groups is 3. The Morgan fingerprint density at radius 1 is 0.560 bits per heavy atom. The number of rotatable bonds is 6. The predicted octanol–water partition coefficient (Wildman–Crippen LogP) is 3.06. The second-order valence-electron chi connectivity index (χ2n) is 5.05. The van der Waals surface area contributed by atoms with E-state index in [1.54, 1.807) is 24.3 Å². The summed E-state index contributed by atoms with van der Waals surface area (Å²) in [5, 5.41) is 29.0. The number of benzene rings is 3. The van der Waals surface area contributed by atoms with Crippen LogP contribution < -0.4 is 13.3 Å². The minimum absolute atomic E-state index is 0.0428. The molecule has 128 valence electrons. The molecule has 3 aromatic rings. The molecule has 0 aromatic heterocycles. The Balaban J connectivity index is 1.84.